The third-order valence-corrected chi connectivity index (χ3v) is 23.1. The standard InChI is InChI=1S/C102H98BN3O/c1-97(2,3)69-45-49-85-80(55-69)81-56-70(98(4,5)6)46-50-86(81)104(85)91-54-67(51-82-75-41-31-32-42-92(75)107-96(82)91)68-52-89-93-90(53-68)106(95-78(65-37-27-21-28-38-65)59-74(102(16,17)18)60-79(95)66-39-29-22-30-40-66)88-62-72(100(10,11)12)44-48-84(88)103(93)83-47-43-71(99(7,8)9)61-87(83)105(89)94-76(63-33-23-19-24-34-63)57-73(101(13,14)15)58-77(94)64-35-25-20-26-36-64/h19-62H,1-18H3. The third kappa shape index (κ3) is 11.8. The van der Waals surface area contributed by atoms with E-state index in [0.29, 0.717) is 0 Å². The van der Waals surface area contributed by atoms with Gasteiger partial charge in [-0.2, -0.15) is 0 Å². The first-order valence-corrected chi connectivity index (χ1v) is 38.6. The smallest absolute Gasteiger partial charge is 0.252 e. The summed E-state index contributed by atoms with van der Waals surface area (Å²) in [5.41, 5.74) is 33.8. The zero-order valence-electron chi connectivity index (χ0n) is 65.7. The van der Waals surface area contributed by atoms with Crippen LogP contribution in [0.3, 0.4) is 0 Å². The monoisotopic (exact) mass is 1390 g/mol. The Morgan fingerprint density at radius 1 is 0.252 bits per heavy atom. The summed E-state index contributed by atoms with van der Waals surface area (Å²) in [5, 5.41) is 4.59. The largest absolute Gasteiger partial charge is 0.454 e. The maximum atomic E-state index is 7.37. The van der Waals surface area contributed by atoms with Crippen molar-refractivity contribution in [2.24, 2.45) is 0 Å². The van der Waals surface area contributed by atoms with Crippen LogP contribution in [0, 0.1) is 0 Å². The molecule has 2 aliphatic heterocycles. The molecule has 4 heterocycles. The lowest BCUT2D eigenvalue weighted by atomic mass is 9.33. The normalized spacial score (nSPS) is 13.5. The Bertz CT molecular complexity index is 5620. The summed E-state index contributed by atoms with van der Waals surface area (Å²) in [6.07, 6.45) is 0. The molecule has 15 aromatic rings. The first-order valence-electron chi connectivity index (χ1n) is 38.6. The number of fused-ring (bicyclic) bond motifs is 10. The minimum Gasteiger partial charge on any atom is -0.454 e. The van der Waals surface area contributed by atoms with Crippen molar-refractivity contribution >= 4 is 101 Å². The van der Waals surface area contributed by atoms with Crippen molar-refractivity contribution in [1.82, 2.24) is 4.57 Å². The van der Waals surface area contributed by atoms with Crippen molar-refractivity contribution in [2.75, 3.05) is 9.80 Å². The molecule has 17 rings (SSSR count). The number of anilines is 6. The van der Waals surface area contributed by atoms with Crippen LogP contribution in [0.4, 0.5) is 34.1 Å². The molecule has 0 saturated carbocycles. The van der Waals surface area contributed by atoms with Crippen LogP contribution in [0.25, 0.3) is 105 Å². The number of hydrogen-bond acceptors (Lipinski definition) is 3. The van der Waals surface area contributed by atoms with Crippen LogP contribution in [0.2, 0.25) is 0 Å². The van der Waals surface area contributed by atoms with Gasteiger partial charge in [-0.05, 0) is 207 Å². The Morgan fingerprint density at radius 3 is 0.953 bits per heavy atom. The third-order valence-electron chi connectivity index (χ3n) is 23.1. The summed E-state index contributed by atoms with van der Waals surface area (Å²) in [4.78, 5) is 5.48. The van der Waals surface area contributed by atoms with Gasteiger partial charge in [-0.25, -0.2) is 0 Å². The van der Waals surface area contributed by atoms with Crippen molar-refractivity contribution in [3.8, 4) is 61.3 Å². The predicted molar refractivity (Wildman–Crippen MR) is 461 cm³/mol. The highest BCUT2D eigenvalue weighted by molar-refractivity contribution is 7.00. The Hall–Kier alpha value is -10.9. The summed E-state index contributed by atoms with van der Waals surface area (Å²) < 4.78 is 9.89. The highest BCUT2D eigenvalue weighted by atomic mass is 16.3. The molecular formula is C102H98BN3O. The molecule has 13 aromatic carbocycles. The molecule has 0 unspecified atom stereocenters. The van der Waals surface area contributed by atoms with E-state index < -0.39 is 0 Å². The Balaban J connectivity index is 1.10. The number of rotatable bonds is 8. The fraction of sp³-hybridized carbons (Fsp3) is 0.235. The topological polar surface area (TPSA) is 24.6 Å². The van der Waals surface area contributed by atoms with Crippen molar-refractivity contribution in [3.05, 3.63) is 300 Å². The van der Waals surface area contributed by atoms with Crippen LogP contribution in [-0.2, 0) is 32.5 Å². The number of benzene rings is 13. The molecule has 4 nitrogen and oxygen atoms in total. The lowest BCUT2D eigenvalue weighted by molar-refractivity contribution is 0.590. The minimum atomic E-state index is -0.206. The Morgan fingerprint density at radius 2 is 0.579 bits per heavy atom. The molecule has 0 bridgehead atoms. The van der Waals surface area contributed by atoms with E-state index in [1.807, 2.05) is 0 Å². The van der Waals surface area contributed by atoms with Gasteiger partial charge >= 0.3 is 0 Å². The predicted octanol–water partition coefficient (Wildman–Crippen LogP) is 26.9. The van der Waals surface area contributed by atoms with Gasteiger partial charge in [-0.15, -0.1) is 0 Å². The average Bonchev–Trinajstić information content (AvgIpc) is 1.26. The van der Waals surface area contributed by atoms with Gasteiger partial charge in [-0.3, -0.25) is 0 Å². The van der Waals surface area contributed by atoms with Gasteiger partial charge in [0.2, 0.25) is 0 Å². The molecular weight excluding hydrogens is 1290 g/mol. The van der Waals surface area contributed by atoms with Gasteiger partial charge in [0.25, 0.3) is 6.71 Å². The SMILES string of the molecule is CC(C)(C)c1cc(-c2ccccc2)c(N2c3cc(C(C)(C)C)ccc3B3c4ccc(C(C)(C)C)cc4N(c4c(-c5ccccc5)cc(C(C)(C)C)cc4-c4ccccc4)c4cc(-c5cc(-n6c7ccc(C(C)(C)C)cc7c7cc(C(C)(C)C)ccc76)c6oc7ccccc7c6c5)cc2c43)c(-c2ccccc2)c1. The molecule has 0 N–H and O–H groups in total. The van der Waals surface area contributed by atoms with E-state index in [0.717, 1.165) is 94.8 Å². The zero-order chi connectivity index (χ0) is 74.8. The molecule has 530 valence electrons. The average molecular weight is 1390 g/mol. The van der Waals surface area contributed by atoms with E-state index in [-0.39, 0.29) is 39.2 Å². The van der Waals surface area contributed by atoms with Crippen LogP contribution in [0.5, 0.6) is 0 Å². The fourth-order valence-corrected chi connectivity index (χ4v) is 16.9. The van der Waals surface area contributed by atoms with E-state index in [4.69, 9.17) is 4.42 Å². The van der Waals surface area contributed by atoms with Gasteiger partial charge in [-0.1, -0.05) is 301 Å². The highest BCUT2D eigenvalue weighted by Gasteiger charge is 2.47. The van der Waals surface area contributed by atoms with E-state index in [2.05, 4.69) is 406 Å². The van der Waals surface area contributed by atoms with Gasteiger partial charge in [0.05, 0.1) is 28.1 Å². The number of hydrogen-bond donors (Lipinski definition) is 0. The van der Waals surface area contributed by atoms with E-state index in [1.165, 1.54) is 94.2 Å². The minimum absolute atomic E-state index is 0.0793. The van der Waals surface area contributed by atoms with Gasteiger partial charge < -0.3 is 18.8 Å². The number of para-hydroxylation sites is 1. The summed E-state index contributed by atoms with van der Waals surface area (Å²) in [6.45, 7) is 42.1. The highest BCUT2D eigenvalue weighted by Crippen LogP contribution is 2.56. The second-order valence-electron chi connectivity index (χ2n) is 36.7. The molecule has 5 heteroatoms. The molecule has 0 spiro atoms. The van der Waals surface area contributed by atoms with Crippen LogP contribution in [0.15, 0.2) is 271 Å². The lowest BCUT2D eigenvalue weighted by Crippen LogP contribution is -2.61. The number of nitrogens with zero attached hydrogens (tertiary/aromatic N) is 3. The van der Waals surface area contributed by atoms with Gasteiger partial charge in [0, 0.05) is 66.5 Å². The quantitative estimate of drug-likeness (QED) is 0.142. The second-order valence-corrected chi connectivity index (χ2v) is 36.7. The van der Waals surface area contributed by atoms with E-state index >= 15 is 0 Å². The van der Waals surface area contributed by atoms with Crippen LogP contribution < -0.4 is 26.2 Å². The molecule has 0 aliphatic carbocycles. The number of furan rings is 1. The molecule has 0 atom stereocenters. The lowest BCUT2D eigenvalue weighted by Gasteiger charge is -2.46. The van der Waals surface area contributed by atoms with Crippen LogP contribution in [-0.4, -0.2) is 11.3 Å². The van der Waals surface area contributed by atoms with Gasteiger partial charge in [0.15, 0.2) is 5.58 Å². The first kappa shape index (κ1) is 69.2. The van der Waals surface area contributed by atoms with E-state index in [1.54, 1.807) is 0 Å². The Kier molecular flexibility index (Phi) is 16.1. The molecule has 0 amide bonds. The van der Waals surface area contributed by atoms with Crippen molar-refractivity contribution in [3.63, 3.8) is 0 Å². The Labute approximate surface area is 634 Å². The van der Waals surface area contributed by atoms with Gasteiger partial charge in [0.1, 0.15) is 5.58 Å². The second kappa shape index (κ2) is 24.9. The molecule has 2 aliphatic rings. The molecule has 0 radical (unpaired) electrons. The molecule has 107 heavy (non-hydrogen) atoms. The zero-order valence-corrected chi connectivity index (χ0v) is 65.7. The van der Waals surface area contributed by atoms with E-state index in [9.17, 15) is 0 Å². The molecule has 0 saturated heterocycles. The van der Waals surface area contributed by atoms with Crippen molar-refractivity contribution in [1.29, 1.82) is 0 Å². The van der Waals surface area contributed by atoms with Crippen molar-refractivity contribution < 1.29 is 4.42 Å². The fourth-order valence-electron chi connectivity index (χ4n) is 16.9. The summed E-state index contributed by atoms with van der Waals surface area (Å²) in [5.74, 6) is 0. The first-order chi connectivity index (χ1) is 50.9. The molecule has 2 aromatic heterocycles. The van der Waals surface area contributed by atoms with Crippen molar-refractivity contribution in [2.45, 2.75) is 157 Å². The van der Waals surface area contributed by atoms with Crippen LogP contribution in [0.1, 0.15) is 158 Å². The summed E-state index contributed by atoms with van der Waals surface area (Å²) in [6, 6.07) is 103. The maximum absolute atomic E-state index is 7.37. The maximum Gasteiger partial charge on any atom is 0.252 e. The number of aromatic nitrogens is 1. The summed E-state index contributed by atoms with van der Waals surface area (Å²) in [7, 11) is 0. The summed E-state index contributed by atoms with van der Waals surface area (Å²) >= 11 is 0. The van der Waals surface area contributed by atoms with Crippen LogP contribution >= 0.6 is 0 Å². The molecule has 0 fully saturated rings.